The molecular weight excluding hydrogens is 600 g/mol. The summed E-state index contributed by atoms with van der Waals surface area (Å²) in [7, 11) is 0. The van der Waals surface area contributed by atoms with Crippen LogP contribution in [0, 0.1) is 6.92 Å². The summed E-state index contributed by atoms with van der Waals surface area (Å²) in [5.74, 6) is -4.38. The maximum atomic E-state index is 13.5. The van der Waals surface area contributed by atoms with Gasteiger partial charge in [-0.25, -0.2) is 0 Å². The van der Waals surface area contributed by atoms with E-state index in [0.717, 1.165) is 12.4 Å². The summed E-state index contributed by atoms with van der Waals surface area (Å²) in [4.78, 5) is 39.7. The highest BCUT2D eigenvalue weighted by Gasteiger charge is 2.42. The second-order valence-electron chi connectivity index (χ2n) is 8.53. The summed E-state index contributed by atoms with van der Waals surface area (Å²) in [6.45, 7) is 12.7. The van der Waals surface area contributed by atoms with Gasteiger partial charge in [-0.15, -0.1) is 0 Å². The molecule has 0 aliphatic carbocycles. The van der Waals surface area contributed by atoms with Crippen molar-refractivity contribution in [1.82, 2.24) is 15.0 Å². The zero-order chi connectivity index (χ0) is 34.4. The molecule has 0 aliphatic heterocycles. The van der Waals surface area contributed by atoms with Crippen molar-refractivity contribution in [3.63, 3.8) is 0 Å². The van der Waals surface area contributed by atoms with Crippen molar-refractivity contribution in [2.75, 3.05) is 22.9 Å². The highest BCUT2D eigenvalue weighted by molar-refractivity contribution is 6.24. The number of halogens is 6. The molecule has 45 heavy (non-hydrogen) atoms. The van der Waals surface area contributed by atoms with Gasteiger partial charge in [-0.1, -0.05) is 88.4 Å². The minimum atomic E-state index is -5.16. The first-order valence-electron chi connectivity index (χ1n) is 14.3. The molecule has 1 aromatic heterocycles. The van der Waals surface area contributed by atoms with Crippen LogP contribution in [-0.2, 0) is 9.59 Å². The molecule has 1 heterocycles. The molecule has 0 saturated heterocycles. The van der Waals surface area contributed by atoms with Crippen LogP contribution < -0.4 is 9.80 Å². The van der Waals surface area contributed by atoms with E-state index >= 15 is 0 Å². The Hall–Kier alpha value is -4.55. The fourth-order valence-electron chi connectivity index (χ4n) is 3.67. The zero-order valence-corrected chi connectivity index (χ0v) is 26.2. The second-order valence-corrected chi connectivity index (χ2v) is 8.53. The Morgan fingerprint density at radius 1 is 0.622 bits per heavy atom. The number of allylic oxidation sites excluding steroid dienone is 2. The number of benzene rings is 2. The Morgan fingerprint density at radius 2 is 0.933 bits per heavy atom. The van der Waals surface area contributed by atoms with Gasteiger partial charge in [0.1, 0.15) is 5.82 Å². The lowest BCUT2D eigenvalue weighted by Gasteiger charge is -2.23. The minimum absolute atomic E-state index is 0.00978. The van der Waals surface area contributed by atoms with Crippen LogP contribution in [0.2, 0.25) is 0 Å². The summed E-state index contributed by atoms with van der Waals surface area (Å²) < 4.78 is 80.8. The summed E-state index contributed by atoms with van der Waals surface area (Å²) >= 11 is 0. The van der Waals surface area contributed by atoms with E-state index in [4.69, 9.17) is 0 Å². The molecule has 0 amide bonds. The Labute approximate surface area is 259 Å². The van der Waals surface area contributed by atoms with Crippen LogP contribution in [0.4, 0.5) is 38.2 Å². The molecule has 3 rings (SSSR count). The van der Waals surface area contributed by atoms with E-state index in [2.05, 4.69) is 15.0 Å². The number of nitrogens with zero attached hydrogens (tertiary/aromatic N) is 5. The highest BCUT2D eigenvalue weighted by atomic mass is 19.4. The van der Waals surface area contributed by atoms with E-state index in [9.17, 15) is 35.9 Å². The van der Waals surface area contributed by atoms with Crippen LogP contribution in [0.5, 0.6) is 0 Å². The quantitative estimate of drug-likeness (QED) is 0.164. The van der Waals surface area contributed by atoms with Crippen LogP contribution >= 0.6 is 0 Å². The summed E-state index contributed by atoms with van der Waals surface area (Å²) in [6.07, 6.45) is -8.38. The largest absolute Gasteiger partial charge is 0.454 e. The number of hydrogen-bond acceptors (Lipinski definition) is 7. The van der Waals surface area contributed by atoms with Gasteiger partial charge in [0.05, 0.1) is 11.1 Å². The number of alkyl halides is 6. The van der Waals surface area contributed by atoms with Gasteiger partial charge in [-0.3, -0.25) is 9.59 Å². The van der Waals surface area contributed by atoms with Crippen molar-refractivity contribution in [1.29, 1.82) is 0 Å². The number of rotatable bonds is 10. The minimum Gasteiger partial charge on any atom is -0.317 e. The van der Waals surface area contributed by atoms with Crippen molar-refractivity contribution in [2.45, 2.75) is 60.8 Å². The molecule has 0 bridgehead atoms. The smallest absolute Gasteiger partial charge is 0.317 e. The van der Waals surface area contributed by atoms with E-state index in [1.165, 1.54) is 65.3 Å². The number of hydrogen-bond donors (Lipinski definition) is 0. The third kappa shape index (κ3) is 10.8. The lowest BCUT2D eigenvalue weighted by Crippen LogP contribution is -2.28. The van der Waals surface area contributed by atoms with Crippen molar-refractivity contribution in [3.05, 3.63) is 90.0 Å². The normalized spacial score (nSPS) is 11.8. The van der Waals surface area contributed by atoms with E-state index < -0.39 is 35.1 Å². The highest BCUT2D eigenvalue weighted by Crippen LogP contribution is 2.30. The monoisotopic (exact) mass is 637 g/mol. The molecule has 0 unspecified atom stereocenters. The van der Waals surface area contributed by atoms with Crippen molar-refractivity contribution in [2.24, 2.45) is 0 Å². The zero-order valence-electron chi connectivity index (χ0n) is 26.2. The third-order valence-corrected chi connectivity index (χ3v) is 5.66. The predicted molar refractivity (Wildman–Crippen MR) is 164 cm³/mol. The van der Waals surface area contributed by atoms with Gasteiger partial charge in [0.15, 0.2) is 0 Å². The van der Waals surface area contributed by atoms with Crippen LogP contribution in [0.3, 0.4) is 0 Å². The average molecular weight is 638 g/mol. The number of carbonyl (C=O) groups is 2. The number of aromatic nitrogens is 3. The predicted octanol–water partition coefficient (Wildman–Crippen LogP) is 8.23. The summed E-state index contributed by atoms with van der Waals surface area (Å²) in [5, 5.41) is 0. The molecular formula is C32H37F6N5O2. The number of ketones is 2. The van der Waals surface area contributed by atoms with Crippen molar-refractivity contribution < 1.29 is 35.9 Å². The Balaban J connectivity index is 0.00000243. The van der Waals surface area contributed by atoms with Gasteiger partial charge >= 0.3 is 12.4 Å². The topological polar surface area (TPSA) is 79.3 Å². The lowest BCUT2D eigenvalue weighted by molar-refractivity contribution is -0.164. The third-order valence-electron chi connectivity index (χ3n) is 5.66. The van der Waals surface area contributed by atoms with Crippen LogP contribution in [-0.4, -0.2) is 52.0 Å². The van der Waals surface area contributed by atoms with Gasteiger partial charge in [0.2, 0.25) is 11.9 Å². The molecule has 0 aliphatic rings. The summed E-state index contributed by atoms with van der Waals surface area (Å²) in [6, 6.07) is 14.5. The fourth-order valence-corrected chi connectivity index (χ4v) is 3.67. The average Bonchev–Trinajstić information content (AvgIpc) is 3.03. The molecule has 0 spiro atoms. The van der Waals surface area contributed by atoms with Crippen LogP contribution in [0.25, 0.3) is 11.1 Å². The molecule has 2 aromatic carbocycles. The molecule has 0 saturated carbocycles. The van der Waals surface area contributed by atoms with Gasteiger partial charge in [0.25, 0.3) is 11.6 Å². The molecule has 0 radical (unpaired) electrons. The molecule has 0 fully saturated rings. The number of aryl methyl sites for hydroxylation is 1. The molecule has 7 nitrogen and oxygen atoms in total. The summed E-state index contributed by atoms with van der Waals surface area (Å²) in [5.41, 5.74) is -1.30. The van der Waals surface area contributed by atoms with Crippen molar-refractivity contribution in [3.8, 4) is 0 Å². The number of anilines is 2. The maximum Gasteiger partial charge on any atom is 0.454 e. The SMILES string of the molecule is CC.CC.CCN(/C=C(/C(=O)C(F)(F)F)c1ccccc1)c1nc(C)nc(N(/C=C(/C(=O)C(F)(F)F)c2ccccc2)CC)n1. The first kappa shape index (κ1) is 38.5. The Morgan fingerprint density at radius 3 is 1.20 bits per heavy atom. The van der Waals surface area contributed by atoms with Crippen LogP contribution in [0.1, 0.15) is 58.5 Å². The van der Waals surface area contributed by atoms with Gasteiger partial charge in [-0.2, -0.15) is 41.3 Å². The molecule has 244 valence electrons. The maximum absolute atomic E-state index is 13.5. The molecule has 0 atom stereocenters. The van der Waals surface area contributed by atoms with Crippen molar-refractivity contribution >= 4 is 34.6 Å². The molecule has 0 N–H and O–H groups in total. The molecule has 3 aromatic rings. The van der Waals surface area contributed by atoms with E-state index in [-0.39, 0.29) is 41.9 Å². The van der Waals surface area contributed by atoms with E-state index in [1.54, 1.807) is 26.0 Å². The van der Waals surface area contributed by atoms with E-state index in [1.807, 2.05) is 27.7 Å². The standard InChI is InChI=1S/C28H25F6N5O2.2C2H6/c1-4-38(16-21(23(40)27(29,30)31)19-12-8-6-9-13-19)25-35-18(3)36-26(37-25)39(5-2)17-22(24(41)28(32,33)34)20-14-10-7-11-15-20;2*1-2/h6-17H,4-5H2,1-3H3;2*1-2H3/b21-16+,22-17+;;. The van der Waals surface area contributed by atoms with Crippen LogP contribution in [0.15, 0.2) is 73.1 Å². The Kier molecular flexibility index (Phi) is 15.1. The Bertz CT molecular complexity index is 1330. The second kappa shape index (κ2) is 17.7. The fraction of sp³-hybridized carbons (Fsp3) is 0.344. The van der Waals surface area contributed by atoms with Gasteiger partial charge in [0, 0.05) is 25.5 Å². The van der Waals surface area contributed by atoms with E-state index in [0.29, 0.717) is 0 Å². The number of carbonyl (C=O) groups excluding carboxylic acids is 2. The first-order valence-corrected chi connectivity index (χ1v) is 14.3. The first-order chi connectivity index (χ1) is 21.3. The lowest BCUT2D eigenvalue weighted by atomic mass is 10.0. The van der Waals surface area contributed by atoms with Gasteiger partial charge in [-0.05, 0) is 31.9 Å². The van der Waals surface area contributed by atoms with Gasteiger partial charge < -0.3 is 9.80 Å². The molecule has 13 heteroatoms. The number of Topliss-reactive ketones (excluding diaryl/α,β-unsaturated/α-hetero) is 2.